The molecule has 1 saturated heterocycles. The number of amides is 1. The molecule has 3 aromatic rings. The predicted octanol–water partition coefficient (Wildman–Crippen LogP) is 3.58. The zero-order valence-corrected chi connectivity index (χ0v) is 16.2. The van der Waals surface area contributed by atoms with E-state index in [2.05, 4.69) is 4.98 Å². The fourth-order valence-electron chi connectivity index (χ4n) is 3.49. The van der Waals surface area contributed by atoms with E-state index in [-0.39, 0.29) is 6.10 Å². The zero-order chi connectivity index (χ0) is 20.1. The van der Waals surface area contributed by atoms with Gasteiger partial charge in [-0.15, -0.1) is 0 Å². The van der Waals surface area contributed by atoms with Crippen molar-refractivity contribution in [2.24, 2.45) is 5.73 Å². The van der Waals surface area contributed by atoms with E-state index in [1.807, 2.05) is 36.4 Å². The molecule has 150 valence electrons. The van der Waals surface area contributed by atoms with Gasteiger partial charge < -0.3 is 19.9 Å². The van der Waals surface area contributed by atoms with E-state index in [1.165, 1.54) is 0 Å². The Labute approximate surface area is 169 Å². The standard InChI is InChI=1S/C23H24N2O4/c24-23(26)17-1-2-18-14-25-15-22(21(18)13-17)16-3-5-19(6-4-16)28-11-12-29-20-7-9-27-10-8-20/h1-6,13-15,20H,7-12H2,(H2,24,26). The Morgan fingerprint density at radius 2 is 1.86 bits per heavy atom. The number of fused-ring (bicyclic) bond motifs is 1. The molecule has 0 unspecified atom stereocenters. The summed E-state index contributed by atoms with van der Waals surface area (Å²) in [5.41, 5.74) is 7.85. The molecule has 1 aliphatic rings. The number of ether oxygens (including phenoxy) is 3. The Bertz CT molecular complexity index is 982. The van der Waals surface area contributed by atoms with E-state index in [9.17, 15) is 4.79 Å². The third kappa shape index (κ3) is 4.72. The lowest BCUT2D eigenvalue weighted by Gasteiger charge is -2.22. The number of aromatic nitrogens is 1. The number of hydrogen-bond donors (Lipinski definition) is 1. The van der Waals surface area contributed by atoms with Gasteiger partial charge in [0.25, 0.3) is 0 Å². The maximum atomic E-state index is 11.5. The quantitative estimate of drug-likeness (QED) is 0.622. The van der Waals surface area contributed by atoms with Gasteiger partial charge in [0.1, 0.15) is 12.4 Å². The minimum atomic E-state index is -0.443. The second kappa shape index (κ2) is 9.03. The molecule has 1 fully saturated rings. The Balaban J connectivity index is 1.42. The highest BCUT2D eigenvalue weighted by Crippen LogP contribution is 2.29. The summed E-state index contributed by atoms with van der Waals surface area (Å²) in [6.45, 7) is 2.62. The van der Waals surface area contributed by atoms with Gasteiger partial charge in [-0.05, 0) is 48.1 Å². The molecular weight excluding hydrogens is 368 g/mol. The van der Waals surface area contributed by atoms with Crippen LogP contribution >= 0.6 is 0 Å². The van der Waals surface area contributed by atoms with Gasteiger partial charge in [0, 0.05) is 42.1 Å². The van der Waals surface area contributed by atoms with E-state index in [1.54, 1.807) is 18.5 Å². The molecule has 1 aliphatic heterocycles. The van der Waals surface area contributed by atoms with Gasteiger partial charge in [-0.3, -0.25) is 9.78 Å². The van der Waals surface area contributed by atoms with Crippen molar-refractivity contribution in [3.8, 4) is 16.9 Å². The summed E-state index contributed by atoms with van der Waals surface area (Å²) in [5, 5.41) is 1.90. The summed E-state index contributed by atoms with van der Waals surface area (Å²) in [7, 11) is 0. The monoisotopic (exact) mass is 392 g/mol. The van der Waals surface area contributed by atoms with Crippen molar-refractivity contribution in [3.05, 3.63) is 60.4 Å². The predicted molar refractivity (Wildman–Crippen MR) is 111 cm³/mol. The molecule has 0 saturated carbocycles. The van der Waals surface area contributed by atoms with Crippen molar-refractivity contribution in [3.63, 3.8) is 0 Å². The van der Waals surface area contributed by atoms with Crippen LogP contribution in [0.5, 0.6) is 5.75 Å². The highest BCUT2D eigenvalue weighted by molar-refractivity contribution is 6.02. The number of nitrogens with two attached hydrogens (primary N) is 1. The molecule has 2 aromatic carbocycles. The van der Waals surface area contributed by atoms with Crippen LogP contribution < -0.4 is 10.5 Å². The number of pyridine rings is 1. The van der Waals surface area contributed by atoms with Gasteiger partial charge in [-0.25, -0.2) is 0 Å². The van der Waals surface area contributed by atoms with Crippen molar-refractivity contribution in [2.45, 2.75) is 18.9 Å². The number of rotatable bonds is 7. The average Bonchev–Trinajstić information content (AvgIpc) is 2.77. The van der Waals surface area contributed by atoms with Gasteiger partial charge >= 0.3 is 0 Å². The van der Waals surface area contributed by atoms with Crippen LogP contribution in [0.25, 0.3) is 21.9 Å². The Hall–Kier alpha value is -2.96. The number of nitrogens with zero attached hydrogens (tertiary/aromatic N) is 1. The first kappa shape index (κ1) is 19.4. The summed E-state index contributed by atoms with van der Waals surface area (Å²) in [5.74, 6) is 0.344. The zero-order valence-electron chi connectivity index (χ0n) is 16.2. The Kier molecular flexibility index (Phi) is 6.03. The van der Waals surface area contributed by atoms with Crippen molar-refractivity contribution in [2.75, 3.05) is 26.4 Å². The first-order valence-corrected chi connectivity index (χ1v) is 9.81. The first-order valence-electron chi connectivity index (χ1n) is 9.81. The molecule has 6 heteroatoms. The van der Waals surface area contributed by atoms with E-state index in [4.69, 9.17) is 19.9 Å². The highest BCUT2D eigenvalue weighted by Gasteiger charge is 2.13. The second-order valence-electron chi connectivity index (χ2n) is 7.04. The third-order valence-electron chi connectivity index (χ3n) is 5.08. The van der Waals surface area contributed by atoms with Crippen molar-refractivity contribution in [1.29, 1.82) is 0 Å². The molecule has 2 heterocycles. The molecule has 4 rings (SSSR count). The van der Waals surface area contributed by atoms with Crippen molar-refractivity contribution < 1.29 is 19.0 Å². The summed E-state index contributed by atoms with van der Waals surface area (Å²) < 4.78 is 16.9. The molecule has 2 N–H and O–H groups in total. The van der Waals surface area contributed by atoms with E-state index >= 15 is 0 Å². The van der Waals surface area contributed by atoms with E-state index in [0.717, 1.165) is 53.7 Å². The minimum absolute atomic E-state index is 0.277. The van der Waals surface area contributed by atoms with Crippen molar-refractivity contribution in [1.82, 2.24) is 4.98 Å². The Morgan fingerprint density at radius 3 is 2.62 bits per heavy atom. The first-order chi connectivity index (χ1) is 14.2. The fraction of sp³-hybridized carbons (Fsp3) is 0.304. The SMILES string of the molecule is NC(=O)c1ccc2cncc(-c3ccc(OCCOC4CCOCC4)cc3)c2c1. The molecule has 1 aromatic heterocycles. The summed E-state index contributed by atoms with van der Waals surface area (Å²) in [4.78, 5) is 15.9. The lowest BCUT2D eigenvalue weighted by Crippen LogP contribution is -2.25. The largest absolute Gasteiger partial charge is 0.491 e. The fourth-order valence-corrected chi connectivity index (χ4v) is 3.49. The molecule has 0 atom stereocenters. The molecule has 0 radical (unpaired) electrons. The second-order valence-corrected chi connectivity index (χ2v) is 7.04. The van der Waals surface area contributed by atoms with Crippen LogP contribution in [-0.2, 0) is 9.47 Å². The van der Waals surface area contributed by atoms with Gasteiger partial charge in [-0.2, -0.15) is 0 Å². The van der Waals surface area contributed by atoms with Crippen LogP contribution in [0.15, 0.2) is 54.9 Å². The van der Waals surface area contributed by atoms with Crippen LogP contribution in [-0.4, -0.2) is 43.4 Å². The lowest BCUT2D eigenvalue weighted by molar-refractivity contribution is -0.0388. The summed E-state index contributed by atoms with van der Waals surface area (Å²) >= 11 is 0. The van der Waals surface area contributed by atoms with Crippen LogP contribution in [0.1, 0.15) is 23.2 Å². The molecular formula is C23H24N2O4. The van der Waals surface area contributed by atoms with Gasteiger partial charge in [0.05, 0.1) is 12.7 Å². The van der Waals surface area contributed by atoms with E-state index < -0.39 is 5.91 Å². The number of carbonyl (C=O) groups excluding carboxylic acids is 1. The minimum Gasteiger partial charge on any atom is -0.491 e. The highest BCUT2D eigenvalue weighted by atomic mass is 16.5. The lowest BCUT2D eigenvalue weighted by atomic mass is 9.99. The normalized spacial score (nSPS) is 14.8. The Morgan fingerprint density at radius 1 is 1.07 bits per heavy atom. The summed E-state index contributed by atoms with van der Waals surface area (Å²) in [6.07, 6.45) is 5.75. The molecule has 0 bridgehead atoms. The molecule has 6 nitrogen and oxygen atoms in total. The third-order valence-corrected chi connectivity index (χ3v) is 5.08. The van der Waals surface area contributed by atoms with Crippen LogP contribution in [0.2, 0.25) is 0 Å². The number of benzene rings is 2. The summed E-state index contributed by atoms with van der Waals surface area (Å²) in [6, 6.07) is 13.2. The van der Waals surface area contributed by atoms with Crippen LogP contribution in [0.4, 0.5) is 0 Å². The van der Waals surface area contributed by atoms with Gasteiger partial charge in [0.15, 0.2) is 0 Å². The van der Waals surface area contributed by atoms with Crippen molar-refractivity contribution >= 4 is 16.7 Å². The van der Waals surface area contributed by atoms with Gasteiger partial charge in [-0.1, -0.05) is 18.2 Å². The maximum absolute atomic E-state index is 11.5. The number of hydrogen-bond acceptors (Lipinski definition) is 5. The number of carbonyl (C=O) groups is 1. The topological polar surface area (TPSA) is 83.7 Å². The maximum Gasteiger partial charge on any atom is 0.248 e. The van der Waals surface area contributed by atoms with Crippen LogP contribution in [0.3, 0.4) is 0 Å². The molecule has 1 amide bonds. The molecule has 0 spiro atoms. The molecule has 0 aliphatic carbocycles. The smallest absolute Gasteiger partial charge is 0.248 e. The average molecular weight is 392 g/mol. The number of primary amides is 1. The van der Waals surface area contributed by atoms with Crippen LogP contribution in [0, 0.1) is 0 Å². The van der Waals surface area contributed by atoms with Gasteiger partial charge in [0.2, 0.25) is 5.91 Å². The van der Waals surface area contributed by atoms with E-state index in [0.29, 0.717) is 18.8 Å². The molecule has 29 heavy (non-hydrogen) atoms.